The molecule has 2 N–H and O–H groups in total. The predicted molar refractivity (Wildman–Crippen MR) is 112 cm³/mol. The van der Waals surface area contributed by atoms with E-state index in [0.717, 1.165) is 17.8 Å². The molecule has 4 saturated carbocycles. The van der Waals surface area contributed by atoms with Crippen molar-refractivity contribution in [1.82, 2.24) is 4.72 Å². The highest BCUT2D eigenvalue weighted by molar-refractivity contribution is 7.89. The summed E-state index contributed by atoms with van der Waals surface area (Å²) in [6, 6.07) is 6.06. The van der Waals surface area contributed by atoms with E-state index in [-0.39, 0.29) is 22.3 Å². The second-order valence-electron chi connectivity index (χ2n) is 9.64. The standard InChI is InChI=1S/C22H32N2O4S/c1-15(14-28-2)24-29(26,27)20-5-3-19(4-6-20)23-21(25)13-22-10-16-7-17(11-22)9-18(8-16)12-22/h3-6,15-18,24H,7-14H2,1-2H3,(H,23,25). The lowest BCUT2D eigenvalue weighted by atomic mass is 9.49. The molecule has 0 aliphatic heterocycles. The van der Waals surface area contributed by atoms with Crippen LogP contribution in [0.25, 0.3) is 0 Å². The monoisotopic (exact) mass is 420 g/mol. The quantitative estimate of drug-likeness (QED) is 0.674. The number of carbonyl (C=O) groups excluding carboxylic acids is 1. The van der Waals surface area contributed by atoms with Crippen molar-refractivity contribution in [3.05, 3.63) is 24.3 Å². The number of nitrogens with one attached hydrogen (secondary N) is 2. The highest BCUT2D eigenvalue weighted by Crippen LogP contribution is 2.61. The van der Waals surface area contributed by atoms with Gasteiger partial charge in [-0.3, -0.25) is 4.79 Å². The van der Waals surface area contributed by atoms with Crippen LogP contribution in [-0.2, 0) is 19.6 Å². The van der Waals surface area contributed by atoms with Gasteiger partial charge in [-0.15, -0.1) is 0 Å². The SMILES string of the molecule is COCC(C)NS(=O)(=O)c1ccc(NC(=O)CC23CC4CC(CC(C4)C2)C3)cc1. The summed E-state index contributed by atoms with van der Waals surface area (Å²) in [5, 5.41) is 2.98. The number of hydrogen-bond donors (Lipinski definition) is 2. The third-order valence-corrected chi connectivity index (χ3v) is 8.53. The predicted octanol–water partition coefficient (Wildman–Crippen LogP) is 3.54. The Balaban J connectivity index is 1.36. The van der Waals surface area contributed by atoms with Gasteiger partial charge >= 0.3 is 0 Å². The van der Waals surface area contributed by atoms with Gasteiger partial charge in [-0.2, -0.15) is 0 Å². The Morgan fingerprint density at radius 3 is 2.17 bits per heavy atom. The summed E-state index contributed by atoms with van der Waals surface area (Å²) < 4.78 is 32.4. The molecule has 4 aliphatic carbocycles. The van der Waals surface area contributed by atoms with Gasteiger partial charge in [-0.1, -0.05) is 0 Å². The van der Waals surface area contributed by atoms with E-state index in [4.69, 9.17) is 4.74 Å². The largest absolute Gasteiger partial charge is 0.383 e. The first kappa shape index (κ1) is 20.8. The minimum Gasteiger partial charge on any atom is -0.383 e. The molecular formula is C22H32N2O4S. The molecule has 160 valence electrons. The van der Waals surface area contributed by atoms with E-state index in [9.17, 15) is 13.2 Å². The fourth-order valence-electron chi connectivity index (χ4n) is 6.39. The van der Waals surface area contributed by atoms with Crippen LogP contribution in [0.3, 0.4) is 0 Å². The van der Waals surface area contributed by atoms with E-state index in [2.05, 4.69) is 10.0 Å². The Labute approximate surface area is 173 Å². The maximum absolute atomic E-state index is 12.7. The number of rotatable bonds is 8. The van der Waals surface area contributed by atoms with Gasteiger partial charge in [0.25, 0.3) is 0 Å². The molecule has 0 radical (unpaired) electrons. The molecule has 1 aromatic carbocycles. The third kappa shape index (κ3) is 4.67. The zero-order chi connectivity index (χ0) is 20.6. The van der Waals surface area contributed by atoms with Crippen LogP contribution in [0.5, 0.6) is 0 Å². The molecule has 4 bridgehead atoms. The smallest absolute Gasteiger partial charge is 0.240 e. The Morgan fingerprint density at radius 1 is 1.10 bits per heavy atom. The van der Waals surface area contributed by atoms with E-state index in [1.165, 1.54) is 57.8 Å². The van der Waals surface area contributed by atoms with Gasteiger partial charge in [0, 0.05) is 25.3 Å². The van der Waals surface area contributed by atoms with Gasteiger partial charge in [-0.05, 0) is 92.9 Å². The average molecular weight is 421 g/mol. The molecule has 4 aliphatic rings. The summed E-state index contributed by atoms with van der Waals surface area (Å²) >= 11 is 0. The van der Waals surface area contributed by atoms with Crippen molar-refractivity contribution >= 4 is 21.6 Å². The van der Waals surface area contributed by atoms with E-state index >= 15 is 0 Å². The molecular weight excluding hydrogens is 388 g/mol. The van der Waals surface area contributed by atoms with E-state index in [1.807, 2.05) is 0 Å². The molecule has 1 unspecified atom stereocenters. The van der Waals surface area contributed by atoms with Gasteiger partial charge in [0.1, 0.15) is 0 Å². The lowest BCUT2D eigenvalue weighted by molar-refractivity contribution is -0.124. The highest BCUT2D eigenvalue weighted by atomic mass is 32.2. The number of benzene rings is 1. The molecule has 1 aromatic rings. The molecule has 1 atom stereocenters. The van der Waals surface area contributed by atoms with Gasteiger partial charge in [-0.25, -0.2) is 13.1 Å². The fraction of sp³-hybridized carbons (Fsp3) is 0.682. The molecule has 7 heteroatoms. The molecule has 0 saturated heterocycles. The summed E-state index contributed by atoms with van der Waals surface area (Å²) in [5.74, 6) is 2.53. The molecule has 5 rings (SSSR count). The van der Waals surface area contributed by atoms with Crippen LogP contribution in [0, 0.1) is 23.2 Å². The first-order valence-electron chi connectivity index (χ1n) is 10.7. The summed E-state index contributed by atoms with van der Waals surface area (Å²) in [6.07, 6.45) is 8.31. The van der Waals surface area contributed by atoms with Crippen LogP contribution < -0.4 is 10.0 Å². The van der Waals surface area contributed by atoms with Crippen LogP contribution >= 0.6 is 0 Å². The van der Waals surface area contributed by atoms with Gasteiger partial charge in [0.15, 0.2) is 0 Å². The highest BCUT2D eigenvalue weighted by Gasteiger charge is 2.51. The van der Waals surface area contributed by atoms with Crippen LogP contribution in [0.15, 0.2) is 29.2 Å². The number of methoxy groups -OCH3 is 1. The van der Waals surface area contributed by atoms with E-state index in [1.54, 1.807) is 19.1 Å². The Bertz CT molecular complexity index is 815. The molecule has 0 heterocycles. The Kier molecular flexibility index (Phi) is 5.75. The first-order valence-corrected chi connectivity index (χ1v) is 12.2. The van der Waals surface area contributed by atoms with E-state index in [0.29, 0.717) is 18.7 Å². The van der Waals surface area contributed by atoms with Crippen molar-refractivity contribution in [2.75, 3.05) is 19.0 Å². The Morgan fingerprint density at radius 2 is 1.66 bits per heavy atom. The topological polar surface area (TPSA) is 84.5 Å². The number of carbonyl (C=O) groups is 1. The zero-order valence-electron chi connectivity index (χ0n) is 17.3. The van der Waals surface area contributed by atoms with Crippen molar-refractivity contribution in [3.63, 3.8) is 0 Å². The first-order chi connectivity index (χ1) is 13.8. The lowest BCUT2D eigenvalue weighted by Gasteiger charge is -2.56. The lowest BCUT2D eigenvalue weighted by Crippen LogP contribution is -2.47. The average Bonchev–Trinajstić information content (AvgIpc) is 2.60. The number of sulfonamides is 1. The van der Waals surface area contributed by atoms with Gasteiger partial charge < -0.3 is 10.1 Å². The Hall–Kier alpha value is -1.44. The second kappa shape index (κ2) is 8.00. The molecule has 29 heavy (non-hydrogen) atoms. The van der Waals surface area contributed by atoms with Crippen molar-refractivity contribution in [3.8, 4) is 0 Å². The van der Waals surface area contributed by atoms with Crippen LogP contribution in [0.4, 0.5) is 5.69 Å². The summed E-state index contributed by atoms with van der Waals surface area (Å²) in [4.78, 5) is 12.9. The van der Waals surface area contributed by atoms with Crippen molar-refractivity contribution in [2.24, 2.45) is 23.2 Å². The number of anilines is 1. The summed E-state index contributed by atoms with van der Waals surface area (Å²) in [7, 11) is -2.07. The van der Waals surface area contributed by atoms with Gasteiger partial charge in [0.05, 0.1) is 11.5 Å². The second-order valence-corrected chi connectivity index (χ2v) is 11.4. The number of amides is 1. The maximum atomic E-state index is 12.7. The van der Waals surface area contributed by atoms with Crippen LogP contribution in [-0.4, -0.2) is 34.1 Å². The van der Waals surface area contributed by atoms with Crippen molar-refractivity contribution in [2.45, 2.75) is 62.8 Å². The third-order valence-electron chi connectivity index (χ3n) is 6.92. The van der Waals surface area contributed by atoms with Crippen LogP contribution in [0.2, 0.25) is 0 Å². The van der Waals surface area contributed by atoms with E-state index < -0.39 is 10.0 Å². The minimum atomic E-state index is -3.61. The fourth-order valence-corrected chi connectivity index (χ4v) is 7.61. The molecule has 4 fully saturated rings. The zero-order valence-corrected chi connectivity index (χ0v) is 18.1. The number of hydrogen-bond acceptors (Lipinski definition) is 4. The summed E-state index contributed by atoms with van der Waals surface area (Å²) in [5.41, 5.74) is 0.840. The molecule has 1 amide bonds. The van der Waals surface area contributed by atoms with Gasteiger partial charge in [0.2, 0.25) is 15.9 Å². The molecule has 0 spiro atoms. The maximum Gasteiger partial charge on any atom is 0.240 e. The normalized spacial score (nSPS) is 31.6. The van der Waals surface area contributed by atoms with Crippen molar-refractivity contribution in [1.29, 1.82) is 0 Å². The molecule has 0 aromatic heterocycles. The minimum absolute atomic E-state index is 0.0504. The number of ether oxygens (including phenoxy) is 1. The van der Waals surface area contributed by atoms with Crippen molar-refractivity contribution < 1.29 is 17.9 Å². The molecule has 6 nitrogen and oxygen atoms in total. The summed E-state index contributed by atoms with van der Waals surface area (Å²) in [6.45, 7) is 2.05. The van der Waals surface area contributed by atoms with Crippen LogP contribution in [0.1, 0.15) is 51.9 Å².